The van der Waals surface area contributed by atoms with Gasteiger partial charge in [-0.1, -0.05) is 41.9 Å². The second-order valence-electron chi connectivity index (χ2n) is 10.1. The van der Waals surface area contributed by atoms with E-state index < -0.39 is 11.7 Å². The Morgan fingerprint density at radius 3 is 2.40 bits per heavy atom. The Morgan fingerprint density at radius 1 is 1.02 bits per heavy atom. The molecule has 40 heavy (non-hydrogen) atoms. The SMILES string of the molecule is COCCOc1ccc(C(N)=O)c(-c2cc(C(CNC3CCC(N)CC3)c3ccccc3)cc(OC)c2Cl)c1F. The first-order valence-corrected chi connectivity index (χ1v) is 13.9. The second kappa shape index (κ2) is 13.9. The smallest absolute Gasteiger partial charge is 0.249 e. The van der Waals surface area contributed by atoms with Gasteiger partial charge in [0.05, 0.1) is 24.3 Å². The average Bonchev–Trinajstić information content (AvgIpc) is 2.96. The molecule has 0 saturated heterocycles. The Balaban J connectivity index is 1.81. The molecule has 1 unspecified atom stereocenters. The van der Waals surface area contributed by atoms with E-state index in [0.29, 0.717) is 23.9 Å². The highest BCUT2D eigenvalue weighted by molar-refractivity contribution is 6.35. The number of carbonyl (C=O) groups is 1. The summed E-state index contributed by atoms with van der Waals surface area (Å²) in [6.45, 7) is 1.04. The number of rotatable bonds is 12. The number of primary amides is 1. The van der Waals surface area contributed by atoms with E-state index in [1.807, 2.05) is 30.3 Å². The lowest BCUT2D eigenvalue weighted by Crippen LogP contribution is -2.39. The quantitative estimate of drug-likeness (QED) is 0.256. The third kappa shape index (κ3) is 6.93. The number of ether oxygens (including phenoxy) is 3. The Hall–Kier alpha value is -3.17. The first-order chi connectivity index (χ1) is 19.3. The Morgan fingerprint density at radius 2 is 1.75 bits per heavy atom. The van der Waals surface area contributed by atoms with E-state index in [1.54, 1.807) is 0 Å². The number of carbonyl (C=O) groups excluding carboxylic acids is 1. The van der Waals surface area contributed by atoms with Gasteiger partial charge in [0.25, 0.3) is 0 Å². The monoisotopic (exact) mass is 569 g/mol. The lowest BCUT2D eigenvalue weighted by atomic mass is 9.86. The molecule has 3 aromatic carbocycles. The van der Waals surface area contributed by atoms with Crippen molar-refractivity contribution in [3.63, 3.8) is 0 Å². The van der Waals surface area contributed by atoms with E-state index in [1.165, 1.54) is 26.4 Å². The zero-order chi connectivity index (χ0) is 28.6. The predicted octanol–water partition coefficient (Wildman–Crippen LogP) is 5.27. The van der Waals surface area contributed by atoms with Crippen LogP contribution < -0.4 is 26.3 Å². The van der Waals surface area contributed by atoms with Gasteiger partial charge < -0.3 is 31.0 Å². The van der Waals surface area contributed by atoms with Gasteiger partial charge in [-0.2, -0.15) is 0 Å². The van der Waals surface area contributed by atoms with Gasteiger partial charge in [-0.25, -0.2) is 4.39 Å². The molecule has 1 aliphatic carbocycles. The van der Waals surface area contributed by atoms with Gasteiger partial charge in [-0.15, -0.1) is 0 Å². The number of nitrogens with two attached hydrogens (primary N) is 2. The van der Waals surface area contributed by atoms with E-state index in [4.69, 9.17) is 37.3 Å². The van der Waals surface area contributed by atoms with Gasteiger partial charge >= 0.3 is 0 Å². The summed E-state index contributed by atoms with van der Waals surface area (Å²) in [7, 11) is 3.03. The summed E-state index contributed by atoms with van der Waals surface area (Å²) in [5, 5.41) is 3.89. The maximum atomic E-state index is 16.0. The summed E-state index contributed by atoms with van der Waals surface area (Å²) >= 11 is 6.77. The predicted molar refractivity (Wildman–Crippen MR) is 156 cm³/mol. The summed E-state index contributed by atoms with van der Waals surface area (Å²) in [5.41, 5.74) is 14.0. The maximum Gasteiger partial charge on any atom is 0.249 e. The van der Waals surface area contributed by atoms with Crippen molar-refractivity contribution >= 4 is 17.5 Å². The molecule has 1 fully saturated rings. The molecule has 1 amide bonds. The van der Waals surface area contributed by atoms with Crippen molar-refractivity contribution in [3.8, 4) is 22.6 Å². The summed E-state index contributed by atoms with van der Waals surface area (Å²) in [4.78, 5) is 12.4. The second-order valence-corrected chi connectivity index (χ2v) is 10.5. The van der Waals surface area contributed by atoms with Gasteiger partial charge in [0.2, 0.25) is 5.91 Å². The molecule has 0 heterocycles. The topological polar surface area (TPSA) is 109 Å². The van der Waals surface area contributed by atoms with Crippen LogP contribution in [-0.4, -0.2) is 52.0 Å². The highest BCUT2D eigenvalue weighted by Crippen LogP contribution is 2.43. The molecule has 1 saturated carbocycles. The number of benzene rings is 3. The summed E-state index contributed by atoms with van der Waals surface area (Å²) in [6, 6.07) is 17.2. The normalized spacial score (nSPS) is 17.8. The van der Waals surface area contributed by atoms with Crippen molar-refractivity contribution in [1.82, 2.24) is 5.32 Å². The molecule has 0 spiro atoms. The third-order valence-electron chi connectivity index (χ3n) is 7.45. The number of hydrogen-bond acceptors (Lipinski definition) is 6. The average molecular weight is 570 g/mol. The van der Waals surface area contributed by atoms with Crippen LogP contribution in [0.5, 0.6) is 11.5 Å². The summed E-state index contributed by atoms with van der Waals surface area (Å²) < 4.78 is 32.2. The molecule has 0 radical (unpaired) electrons. The van der Waals surface area contributed by atoms with Crippen molar-refractivity contribution in [2.24, 2.45) is 11.5 Å². The van der Waals surface area contributed by atoms with Gasteiger partial charge in [0.15, 0.2) is 11.6 Å². The van der Waals surface area contributed by atoms with Crippen LogP contribution in [0.3, 0.4) is 0 Å². The Labute approximate surface area is 239 Å². The molecule has 0 bridgehead atoms. The Bertz CT molecular complexity index is 1300. The fraction of sp³-hybridized carbons (Fsp3) is 0.387. The Kier molecular flexibility index (Phi) is 10.4. The van der Waals surface area contributed by atoms with E-state index in [-0.39, 0.29) is 47.1 Å². The summed E-state index contributed by atoms with van der Waals surface area (Å²) in [5.74, 6) is -1.30. The summed E-state index contributed by atoms with van der Waals surface area (Å²) in [6.07, 6.45) is 4.01. The molecule has 0 aliphatic heterocycles. The largest absolute Gasteiger partial charge is 0.495 e. The molecule has 3 aromatic rings. The number of halogens is 2. The zero-order valence-corrected chi connectivity index (χ0v) is 23.7. The molecule has 4 rings (SSSR count). The van der Waals surface area contributed by atoms with Crippen molar-refractivity contribution in [2.45, 2.75) is 43.7 Å². The molecule has 1 aliphatic rings. The van der Waals surface area contributed by atoms with Crippen LogP contribution in [0.1, 0.15) is 53.1 Å². The van der Waals surface area contributed by atoms with Gasteiger partial charge in [0, 0.05) is 42.8 Å². The molecule has 7 nitrogen and oxygen atoms in total. The number of amides is 1. The van der Waals surface area contributed by atoms with E-state index >= 15 is 4.39 Å². The van der Waals surface area contributed by atoms with Crippen molar-refractivity contribution in [2.75, 3.05) is 34.0 Å². The van der Waals surface area contributed by atoms with Crippen LogP contribution in [0, 0.1) is 5.82 Å². The number of nitrogens with one attached hydrogen (secondary N) is 1. The number of hydrogen-bond donors (Lipinski definition) is 3. The van der Waals surface area contributed by atoms with E-state index in [0.717, 1.165) is 36.8 Å². The van der Waals surface area contributed by atoms with Gasteiger partial charge in [0.1, 0.15) is 12.4 Å². The van der Waals surface area contributed by atoms with Crippen LogP contribution in [0.2, 0.25) is 5.02 Å². The van der Waals surface area contributed by atoms with Crippen LogP contribution in [-0.2, 0) is 4.74 Å². The van der Waals surface area contributed by atoms with E-state index in [2.05, 4.69) is 17.4 Å². The minimum absolute atomic E-state index is 0.00868. The molecule has 0 aromatic heterocycles. The fourth-order valence-electron chi connectivity index (χ4n) is 5.24. The van der Waals surface area contributed by atoms with Crippen molar-refractivity contribution < 1.29 is 23.4 Å². The lowest BCUT2D eigenvalue weighted by Gasteiger charge is -2.29. The first kappa shape index (κ1) is 29.8. The number of methoxy groups -OCH3 is 2. The van der Waals surface area contributed by atoms with Crippen LogP contribution in [0.25, 0.3) is 11.1 Å². The molecular formula is C31H37ClFN3O4. The highest BCUT2D eigenvalue weighted by atomic mass is 35.5. The fourth-order valence-corrected chi connectivity index (χ4v) is 5.52. The molecule has 1 atom stereocenters. The molecule has 5 N–H and O–H groups in total. The van der Waals surface area contributed by atoms with Crippen LogP contribution >= 0.6 is 11.6 Å². The van der Waals surface area contributed by atoms with Gasteiger partial charge in [-0.05, 0) is 61.1 Å². The minimum Gasteiger partial charge on any atom is -0.495 e. The van der Waals surface area contributed by atoms with Gasteiger partial charge in [-0.3, -0.25) is 4.79 Å². The standard InChI is InChI=1S/C31H37ClFN3O4/c1-38-14-15-40-26-13-12-23(31(35)37)28(30(26)33)24-16-20(17-27(39-2)29(24)32)25(19-6-4-3-5-7-19)18-36-22-10-8-21(34)9-11-22/h3-7,12-13,16-17,21-22,25,36H,8-11,14-15,18,34H2,1-2H3,(H2,35,37). The van der Waals surface area contributed by atoms with E-state index in [9.17, 15) is 4.79 Å². The molecule has 214 valence electrons. The minimum atomic E-state index is -0.783. The first-order valence-electron chi connectivity index (χ1n) is 13.5. The van der Waals surface area contributed by atoms with Crippen LogP contribution in [0.15, 0.2) is 54.6 Å². The maximum absolute atomic E-state index is 16.0. The molecule has 9 heteroatoms. The highest BCUT2D eigenvalue weighted by Gasteiger charge is 2.26. The third-order valence-corrected chi connectivity index (χ3v) is 7.84. The molecular weight excluding hydrogens is 533 g/mol. The van der Waals surface area contributed by atoms with Crippen molar-refractivity contribution in [3.05, 3.63) is 82.1 Å². The zero-order valence-electron chi connectivity index (χ0n) is 22.9. The van der Waals surface area contributed by atoms with Crippen molar-refractivity contribution in [1.29, 1.82) is 0 Å². The lowest BCUT2D eigenvalue weighted by molar-refractivity contribution is 0.1000. The van der Waals surface area contributed by atoms with Crippen LogP contribution in [0.4, 0.5) is 4.39 Å².